The number of benzene rings is 1. The van der Waals surface area contributed by atoms with Crippen molar-refractivity contribution in [2.45, 2.75) is 26.8 Å². The number of nitrogens with zero attached hydrogens (tertiary/aromatic N) is 3. The summed E-state index contributed by atoms with van der Waals surface area (Å²) in [5.74, 6) is -2.09. The molecule has 0 bridgehead atoms. The molecule has 22 heavy (non-hydrogen) atoms. The Morgan fingerprint density at radius 3 is 2.45 bits per heavy atom. The fraction of sp³-hybridized carbons (Fsp3) is 0.333. The topological polar surface area (TPSA) is 97.1 Å². The second-order valence-corrected chi connectivity index (χ2v) is 5.27. The lowest BCUT2D eigenvalue weighted by molar-refractivity contribution is -0.141. The minimum absolute atomic E-state index is 0.144. The van der Waals surface area contributed by atoms with Gasteiger partial charge in [0.2, 0.25) is 0 Å². The first-order valence-corrected chi connectivity index (χ1v) is 6.91. The van der Waals surface area contributed by atoms with Gasteiger partial charge in [0.05, 0.1) is 17.8 Å². The van der Waals surface area contributed by atoms with Gasteiger partial charge in [-0.2, -0.15) is 0 Å². The lowest BCUT2D eigenvalue weighted by Gasteiger charge is -2.16. The molecule has 0 aliphatic heterocycles. The summed E-state index contributed by atoms with van der Waals surface area (Å²) in [5, 5.41) is 19.3. The number of hydrogen-bond acceptors (Lipinski definition) is 4. The van der Waals surface area contributed by atoms with E-state index in [1.807, 2.05) is 31.2 Å². The van der Waals surface area contributed by atoms with Crippen molar-refractivity contribution in [3.05, 3.63) is 41.7 Å². The van der Waals surface area contributed by atoms with Crippen molar-refractivity contribution in [1.82, 2.24) is 20.3 Å². The Morgan fingerprint density at radius 2 is 1.86 bits per heavy atom. The van der Waals surface area contributed by atoms with E-state index in [4.69, 9.17) is 5.11 Å². The highest BCUT2D eigenvalue weighted by atomic mass is 16.4. The number of aromatic nitrogens is 3. The van der Waals surface area contributed by atoms with Crippen LogP contribution in [0.25, 0.3) is 5.69 Å². The molecule has 2 unspecified atom stereocenters. The van der Waals surface area contributed by atoms with Gasteiger partial charge in [0, 0.05) is 6.04 Å². The highest BCUT2D eigenvalue weighted by Crippen LogP contribution is 2.09. The molecule has 116 valence electrons. The van der Waals surface area contributed by atoms with Crippen LogP contribution in [0.2, 0.25) is 0 Å². The zero-order valence-electron chi connectivity index (χ0n) is 12.6. The van der Waals surface area contributed by atoms with E-state index in [-0.39, 0.29) is 5.69 Å². The van der Waals surface area contributed by atoms with E-state index >= 15 is 0 Å². The number of carboxylic acids is 1. The average molecular weight is 302 g/mol. The summed E-state index contributed by atoms with van der Waals surface area (Å²) in [7, 11) is 0. The Kier molecular flexibility index (Phi) is 4.55. The molecule has 2 aromatic rings. The highest BCUT2D eigenvalue weighted by molar-refractivity contribution is 5.92. The van der Waals surface area contributed by atoms with E-state index in [9.17, 15) is 9.59 Å². The molecule has 2 atom stereocenters. The van der Waals surface area contributed by atoms with Crippen molar-refractivity contribution in [3.8, 4) is 5.69 Å². The fourth-order valence-electron chi connectivity index (χ4n) is 1.81. The van der Waals surface area contributed by atoms with Gasteiger partial charge in [-0.1, -0.05) is 22.9 Å². The second kappa shape index (κ2) is 6.38. The van der Waals surface area contributed by atoms with E-state index in [0.717, 1.165) is 11.3 Å². The number of amides is 1. The highest BCUT2D eigenvalue weighted by Gasteiger charge is 2.22. The summed E-state index contributed by atoms with van der Waals surface area (Å²) in [5.41, 5.74) is 2.06. The molecule has 1 amide bonds. The molecule has 1 aromatic carbocycles. The third-order valence-electron chi connectivity index (χ3n) is 3.52. The van der Waals surface area contributed by atoms with E-state index in [0.29, 0.717) is 0 Å². The maximum absolute atomic E-state index is 12.1. The van der Waals surface area contributed by atoms with Crippen molar-refractivity contribution in [1.29, 1.82) is 0 Å². The molecule has 7 nitrogen and oxygen atoms in total. The van der Waals surface area contributed by atoms with Gasteiger partial charge >= 0.3 is 5.97 Å². The van der Waals surface area contributed by atoms with Gasteiger partial charge in [-0.3, -0.25) is 9.59 Å². The molecular formula is C15H18N4O3. The molecule has 0 saturated carbocycles. The number of rotatable bonds is 5. The van der Waals surface area contributed by atoms with Crippen LogP contribution in [0.5, 0.6) is 0 Å². The number of carbonyl (C=O) groups excluding carboxylic acids is 1. The lowest BCUT2D eigenvalue weighted by Crippen LogP contribution is -2.40. The Hall–Kier alpha value is -2.70. The molecule has 7 heteroatoms. The maximum atomic E-state index is 12.1. The smallest absolute Gasteiger partial charge is 0.308 e. The van der Waals surface area contributed by atoms with Crippen LogP contribution in [0, 0.1) is 12.8 Å². The fourth-order valence-corrected chi connectivity index (χ4v) is 1.81. The largest absolute Gasteiger partial charge is 0.481 e. The number of carbonyl (C=O) groups is 2. The van der Waals surface area contributed by atoms with E-state index in [1.165, 1.54) is 17.8 Å². The Balaban J connectivity index is 2.09. The normalized spacial score (nSPS) is 13.4. The molecule has 1 heterocycles. The molecule has 2 N–H and O–H groups in total. The molecule has 0 saturated heterocycles. The zero-order chi connectivity index (χ0) is 16.3. The number of aliphatic carboxylic acids is 1. The van der Waals surface area contributed by atoms with Crippen molar-refractivity contribution < 1.29 is 14.7 Å². The maximum Gasteiger partial charge on any atom is 0.308 e. The standard InChI is InChI=1S/C15H18N4O3/c1-9-4-6-12(7-5-9)19-8-13(17-18-19)14(20)16-11(3)10(2)15(21)22/h4-8,10-11H,1-3H3,(H,16,20)(H,21,22). The molecule has 0 radical (unpaired) electrons. The average Bonchev–Trinajstić information content (AvgIpc) is 2.96. The molecule has 1 aromatic heterocycles. The van der Waals surface area contributed by atoms with Gasteiger partial charge in [0.1, 0.15) is 0 Å². The van der Waals surface area contributed by atoms with Crippen LogP contribution in [0.3, 0.4) is 0 Å². The first kappa shape index (κ1) is 15.7. The van der Waals surface area contributed by atoms with Gasteiger partial charge in [0.15, 0.2) is 5.69 Å². The van der Waals surface area contributed by atoms with Crippen molar-refractivity contribution >= 4 is 11.9 Å². The first-order valence-electron chi connectivity index (χ1n) is 6.91. The molecule has 0 aliphatic rings. The molecule has 0 aliphatic carbocycles. The number of hydrogen-bond donors (Lipinski definition) is 2. The van der Waals surface area contributed by atoms with Crippen LogP contribution in [0.15, 0.2) is 30.5 Å². The van der Waals surface area contributed by atoms with Gasteiger partial charge in [-0.15, -0.1) is 5.10 Å². The van der Waals surface area contributed by atoms with Gasteiger partial charge < -0.3 is 10.4 Å². The number of aryl methyl sites for hydroxylation is 1. The van der Waals surface area contributed by atoms with Crippen molar-refractivity contribution in [2.24, 2.45) is 5.92 Å². The quantitative estimate of drug-likeness (QED) is 0.870. The van der Waals surface area contributed by atoms with Crippen molar-refractivity contribution in [2.75, 3.05) is 0 Å². The van der Waals surface area contributed by atoms with Crippen LogP contribution in [0.4, 0.5) is 0 Å². The number of nitrogens with one attached hydrogen (secondary N) is 1. The summed E-state index contributed by atoms with van der Waals surface area (Å²) < 4.78 is 1.50. The van der Waals surface area contributed by atoms with Crippen LogP contribution in [-0.4, -0.2) is 38.0 Å². The summed E-state index contributed by atoms with van der Waals surface area (Å²) in [4.78, 5) is 23.0. The van der Waals surface area contributed by atoms with Crippen LogP contribution < -0.4 is 5.32 Å². The minimum Gasteiger partial charge on any atom is -0.481 e. The number of carboxylic acid groups (broad SMARTS) is 1. The van der Waals surface area contributed by atoms with Crippen LogP contribution in [-0.2, 0) is 4.79 Å². The van der Waals surface area contributed by atoms with E-state index in [1.54, 1.807) is 6.92 Å². The Bertz CT molecular complexity index is 678. The van der Waals surface area contributed by atoms with E-state index < -0.39 is 23.8 Å². The molecular weight excluding hydrogens is 284 g/mol. The van der Waals surface area contributed by atoms with Crippen molar-refractivity contribution in [3.63, 3.8) is 0 Å². The van der Waals surface area contributed by atoms with E-state index in [2.05, 4.69) is 15.6 Å². The zero-order valence-corrected chi connectivity index (χ0v) is 12.6. The molecule has 0 fully saturated rings. The minimum atomic E-state index is -0.962. The predicted octanol–water partition coefficient (Wildman–Crippen LogP) is 1.41. The third kappa shape index (κ3) is 3.49. The summed E-state index contributed by atoms with van der Waals surface area (Å²) in [6, 6.07) is 7.12. The lowest BCUT2D eigenvalue weighted by atomic mass is 10.0. The van der Waals surface area contributed by atoms with Gasteiger partial charge in [0.25, 0.3) is 5.91 Å². The third-order valence-corrected chi connectivity index (χ3v) is 3.52. The van der Waals surface area contributed by atoms with Gasteiger partial charge in [-0.05, 0) is 32.9 Å². The first-order chi connectivity index (χ1) is 10.4. The second-order valence-electron chi connectivity index (χ2n) is 5.27. The Morgan fingerprint density at radius 1 is 1.23 bits per heavy atom. The van der Waals surface area contributed by atoms with Crippen LogP contribution in [0.1, 0.15) is 29.9 Å². The monoisotopic (exact) mass is 302 g/mol. The molecule has 2 rings (SSSR count). The summed E-state index contributed by atoms with van der Waals surface area (Å²) in [6.07, 6.45) is 1.51. The molecule has 0 spiro atoms. The Labute approximate surface area is 128 Å². The summed E-state index contributed by atoms with van der Waals surface area (Å²) >= 11 is 0. The van der Waals surface area contributed by atoms with Crippen LogP contribution >= 0.6 is 0 Å². The predicted molar refractivity (Wildman–Crippen MR) is 79.8 cm³/mol. The summed E-state index contributed by atoms with van der Waals surface area (Å²) in [6.45, 7) is 5.16. The van der Waals surface area contributed by atoms with Gasteiger partial charge in [-0.25, -0.2) is 4.68 Å². The SMILES string of the molecule is Cc1ccc(-n2cc(C(=O)NC(C)C(C)C(=O)O)nn2)cc1.